The second-order valence-electron chi connectivity index (χ2n) is 9.37. The molecule has 0 fully saturated rings. The summed E-state index contributed by atoms with van der Waals surface area (Å²) in [6, 6.07) is 16.6. The molecule has 0 atom stereocenters. The van der Waals surface area contributed by atoms with E-state index in [0.29, 0.717) is 0 Å². The molecule has 37 heavy (non-hydrogen) atoms. The number of methoxy groups -OCH3 is 1. The number of hydrogen-bond donors (Lipinski definition) is 2. The zero-order valence-electron chi connectivity index (χ0n) is 22.4. The predicted octanol–water partition coefficient (Wildman–Crippen LogP) is 6.10. The number of pyridine rings is 1. The molecule has 2 heterocycles. The molecule has 0 aliphatic heterocycles. The third-order valence-electron chi connectivity index (χ3n) is 6.38. The first-order valence-electron chi connectivity index (χ1n) is 12.2. The molecule has 0 amide bonds. The van der Waals surface area contributed by atoms with E-state index in [4.69, 9.17) is 4.74 Å². The molecular formula is C30H36N6O. The first-order valence-corrected chi connectivity index (χ1v) is 12.2. The molecule has 2 N–H and O–H groups in total. The van der Waals surface area contributed by atoms with Gasteiger partial charge in [-0.3, -0.25) is 0 Å². The standard InChI is InChI=1S/C30H36N6O/c1-8-21(2)32-25-18-26(29(37-7)19-28(25)35(5)16-15-34(3)4)33-30-17-22(13-14-31-30)24-20-36(6)27-12-10-9-11-23(24)27/h8-14,17-20,32H,1-2,15-16H2,3-7H3,(H,31,33). The van der Waals surface area contributed by atoms with Crippen molar-refractivity contribution in [2.75, 3.05) is 56.9 Å². The van der Waals surface area contributed by atoms with E-state index in [0.717, 1.165) is 58.5 Å². The number of para-hydroxylation sites is 1. The number of rotatable bonds is 11. The van der Waals surface area contributed by atoms with Crippen LogP contribution in [-0.4, -0.2) is 55.8 Å². The van der Waals surface area contributed by atoms with Gasteiger partial charge in [0.2, 0.25) is 0 Å². The zero-order chi connectivity index (χ0) is 26.5. The molecule has 0 aliphatic rings. The Bertz CT molecular complexity index is 1420. The predicted molar refractivity (Wildman–Crippen MR) is 157 cm³/mol. The van der Waals surface area contributed by atoms with Gasteiger partial charge in [0.05, 0.1) is 24.2 Å². The van der Waals surface area contributed by atoms with Crippen molar-refractivity contribution in [1.29, 1.82) is 0 Å². The Hall–Kier alpha value is -4.23. The summed E-state index contributed by atoms with van der Waals surface area (Å²) in [7, 11) is 9.96. The quantitative estimate of drug-likeness (QED) is 0.245. The van der Waals surface area contributed by atoms with E-state index >= 15 is 0 Å². The molecule has 0 radical (unpaired) electrons. The molecule has 4 rings (SSSR count). The number of benzene rings is 2. The normalized spacial score (nSPS) is 11.0. The van der Waals surface area contributed by atoms with Crippen LogP contribution in [0, 0.1) is 0 Å². The number of aryl methyl sites for hydroxylation is 1. The van der Waals surface area contributed by atoms with Crippen LogP contribution in [0.4, 0.5) is 22.9 Å². The SMILES string of the molecule is C=CC(=C)Nc1cc(Nc2cc(-c3cn(C)c4ccccc34)ccn2)c(OC)cc1N(C)CCN(C)C. The van der Waals surface area contributed by atoms with E-state index in [1.54, 1.807) is 13.2 Å². The van der Waals surface area contributed by atoms with Gasteiger partial charge in [-0.25, -0.2) is 4.98 Å². The molecule has 0 bridgehead atoms. The van der Waals surface area contributed by atoms with Crippen LogP contribution in [0.2, 0.25) is 0 Å². The summed E-state index contributed by atoms with van der Waals surface area (Å²) in [5.74, 6) is 1.45. The number of hydrogen-bond acceptors (Lipinski definition) is 6. The lowest BCUT2D eigenvalue weighted by molar-refractivity contribution is 0.413. The second kappa shape index (κ2) is 11.2. The third kappa shape index (κ3) is 5.78. The molecule has 0 spiro atoms. The average molecular weight is 497 g/mol. The molecule has 0 saturated carbocycles. The fourth-order valence-electron chi connectivity index (χ4n) is 4.32. The van der Waals surface area contributed by atoms with Gasteiger partial charge in [0.1, 0.15) is 11.6 Å². The van der Waals surface area contributed by atoms with Crippen molar-refractivity contribution < 1.29 is 4.74 Å². The van der Waals surface area contributed by atoms with Crippen molar-refractivity contribution in [2.45, 2.75) is 0 Å². The number of allylic oxidation sites excluding steroid dienone is 1. The van der Waals surface area contributed by atoms with Crippen molar-refractivity contribution in [3.8, 4) is 16.9 Å². The Morgan fingerprint density at radius 2 is 1.86 bits per heavy atom. The van der Waals surface area contributed by atoms with Gasteiger partial charge in [0.15, 0.2) is 0 Å². The largest absolute Gasteiger partial charge is 0.494 e. The summed E-state index contributed by atoms with van der Waals surface area (Å²) < 4.78 is 7.95. The topological polar surface area (TPSA) is 57.6 Å². The van der Waals surface area contributed by atoms with E-state index in [1.807, 2.05) is 24.4 Å². The summed E-state index contributed by atoms with van der Waals surface area (Å²) in [6.45, 7) is 9.67. The molecule has 7 heteroatoms. The smallest absolute Gasteiger partial charge is 0.144 e. The maximum absolute atomic E-state index is 5.80. The first kappa shape index (κ1) is 25.9. The lowest BCUT2D eigenvalue weighted by Gasteiger charge is -2.26. The molecular weight excluding hydrogens is 460 g/mol. The highest BCUT2D eigenvalue weighted by molar-refractivity contribution is 5.96. The monoisotopic (exact) mass is 496 g/mol. The van der Waals surface area contributed by atoms with Crippen LogP contribution in [0.15, 0.2) is 85.9 Å². The molecule has 4 aromatic rings. The number of nitrogens with one attached hydrogen (secondary N) is 2. The number of likely N-dealkylation sites (N-methyl/N-ethyl adjacent to an activating group) is 2. The molecule has 2 aromatic heterocycles. The van der Waals surface area contributed by atoms with E-state index < -0.39 is 0 Å². The van der Waals surface area contributed by atoms with E-state index in [-0.39, 0.29) is 0 Å². The minimum atomic E-state index is 0.717. The Kier molecular flexibility index (Phi) is 7.84. The number of anilines is 4. The number of fused-ring (bicyclic) bond motifs is 1. The van der Waals surface area contributed by atoms with Gasteiger partial charge >= 0.3 is 0 Å². The lowest BCUT2D eigenvalue weighted by atomic mass is 10.1. The van der Waals surface area contributed by atoms with Crippen LogP contribution in [0.1, 0.15) is 0 Å². The number of nitrogens with zero attached hydrogens (tertiary/aromatic N) is 4. The van der Waals surface area contributed by atoms with Gasteiger partial charge in [0.25, 0.3) is 0 Å². The molecule has 0 aliphatic carbocycles. The summed E-state index contributed by atoms with van der Waals surface area (Å²) >= 11 is 0. The van der Waals surface area contributed by atoms with Crippen LogP contribution >= 0.6 is 0 Å². The third-order valence-corrected chi connectivity index (χ3v) is 6.38. The van der Waals surface area contributed by atoms with Crippen LogP contribution in [0.5, 0.6) is 5.75 Å². The van der Waals surface area contributed by atoms with Gasteiger partial charge in [-0.05, 0) is 50.0 Å². The molecule has 192 valence electrons. The number of aromatic nitrogens is 2. The second-order valence-corrected chi connectivity index (χ2v) is 9.37. The van der Waals surface area contributed by atoms with Crippen LogP contribution in [0.3, 0.4) is 0 Å². The van der Waals surface area contributed by atoms with Crippen LogP contribution in [-0.2, 0) is 7.05 Å². The van der Waals surface area contributed by atoms with Crippen molar-refractivity contribution in [2.24, 2.45) is 7.05 Å². The summed E-state index contributed by atoms with van der Waals surface area (Å²) in [5, 5.41) is 8.06. The Morgan fingerprint density at radius 1 is 1.08 bits per heavy atom. The number of ether oxygens (including phenoxy) is 1. The van der Waals surface area contributed by atoms with Crippen molar-refractivity contribution in [3.05, 3.63) is 85.9 Å². The average Bonchev–Trinajstić information content (AvgIpc) is 3.24. The van der Waals surface area contributed by atoms with Crippen molar-refractivity contribution in [3.63, 3.8) is 0 Å². The van der Waals surface area contributed by atoms with Crippen LogP contribution in [0.25, 0.3) is 22.0 Å². The highest BCUT2D eigenvalue weighted by Crippen LogP contribution is 2.39. The van der Waals surface area contributed by atoms with E-state index in [9.17, 15) is 0 Å². The highest BCUT2D eigenvalue weighted by atomic mass is 16.5. The molecule has 0 unspecified atom stereocenters. The van der Waals surface area contributed by atoms with Gasteiger partial charge in [-0.2, -0.15) is 0 Å². The summed E-state index contributed by atoms with van der Waals surface area (Å²) in [5.41, 5.74) is 6.87. The Morgan fingerprint density at radius 3 is 2.59 bits per heavy atom. The lowest BCUT2D eigenvalue weighted by Crippen LogP contribution is -2.29. The van der Waals surface area contributed by atoms with Gasteiger partial charge in [-0.1, -0.05) is 31.4 Å². The van der Waals surface area contributed by atoms with Crippen molar-refractivity contribution in [1.82, 2.24) is 14.5 Å². The minimum absolute atomic E-state index is 0.717. The maximum atomic E-state index is 5.80. The Balaban J connectivity index is 1.71. The molecule has 2 aromatic carbocycles. The molecule has 0 saturated heterocycles. The van der Waals surface area contributed by atoms with Gasteiger partial charge < -0.3 is 29.7 Å². The van der Waals surface area contributed by atoms with Gasteiger partial charge in [0, 0.05) is 67.8 Å². The maximum Gasteiger partial charge on any atom is 0.144 e. The van der Waals surface area contributed by atoms with E-state index in [1.165, 1.54) is 10.9 Å². The van der Waals surface area contributed by atoms with E-state index in [2.05, 4.69) is 108 Å². The Labute approximate surface area is 219 Å². The summed E-state index contributed by atoms with van der Waals surface area (Å²) in [6.07, 6.45) is 5.69. The minimum Gasteiger partial charge on any atom is -0.494 e. The fourth-order valence-corrected chi connectivity index (χ4v) is 4.32. The highest BCUT2D eigenvalue weighted by Gasteiger charge is 2.16. The van der Waals surface area contributed by atoms with Crippen LogP contribution < -0.4 is 20.3 Å². The summed E-state index contributed by atoms with van der Waals surface area (Å²) in [4.78, 5) is 8.95. The van der Waals surface area contributed by atoms with Crippen molar-refractivity contribution >= 4 is 33.8 Å². The zero-order valence-corrected chi connectivity index (χ0v) is 22.4. The first-order chi connectivity index (χ1) is 17.8. The molecule has 7 nitrogen and oxygen atoms in total. The fraction of sp³-hybridized carbons (Fsp3) is 0.233. The van der Waals surface area contributed by atoms with Gasteiger partial charge in [-0.15, -0.1) is 0 Å².